The first-order valence-electron chi connectivity index (χ1n) is 8.48. The molecule has 1 aromatic heterocycles. The number of morpholine rings is 1. The van der Waals surface area contributed by atoms with Crippen LogP contribution in [0.15, 0.2) is 17.5 Å². The lowest BCUT2D eigenvalue weighted by Gasteiger charge is -2.37. The van der Waals surface area contributed by atoms with Crippen LogP contribution in [0.2, 0.25) is 0 Å². The van der Waals surface area contributed by atoms with E-state index in [4.69, 9.17) is 10.00 Å². The molecule has 0 aliphatic carbocycles. The fourth-order valence-corrected chi connectivity index (χ4v) is 3.91. The lowest BCUT2D eigenvalue weighted by atomic mass is 9.88. The highest BCUT2D eigenvalue weighted by Crippen LogP contribution is 2.27. The number of nitrogens with zero attached hydrogens (tertiary/aromatic N) is 2. The third-order valence-corrected chi connectivity index (χ3v) is 5.41. The van der Waals surface area contributed by atoms with Gasteiger partial charge in [-0.3, -0.25) is 4.90 Å². The van der Waals surface area contributed by atoms with Gasteiger partial charge >= 0.3 is 0 Å². The number of nitriles is 1. The van der Waals surface area contributed by atoms with E-state index in [1.54, 1.807) is 0 Å². The molecule has 5 heteroatoms. The van der Waals surface area contributed by atoms with Crippen LogP contribution in [0.1, 0.15) is 44.5 Å². The van der Waals surface area contributed by atoms with Crippen molar-refractivity contribution in [3.05, 3.63) is 22.4 Å². The van der Waals surface area contributed by atoms with Crippen LogP contribution in [0.3, 0.4) is 0 Å². The van der Waals surface area contributed by atoms with E-state index in [1.807, 2.05) is 11.3 Å². The summed E-state index contributed by atoms with van der Waals surface area (Å²) in [7, 11) is 0. The predicted octanol–water partition coefficient (Wildman–Crippen LogP) is 3.43. The quantitative estimate of drug-likeness (QED) is 0.791. The molecule has 1 aliphatic rings. The molecule has 4 nitrogen and oxygen atoms in total. The third kappa shape index (κ3) is 5.89. The van der Waals surface area contributed by atoms with Crippen LogP contribution in [0.5, 0.6) is 0 Å². The zero-order valence-electron chi connectivity index (χ0n) is 14.5. The zero-order chi connectivity index (χ0) is 16.7. The van der Waals surface area contributed by atoms with Gasteiger partial charge in [0.1, 0.15) is 0 Å². The minimum Gasteiger partial charge on any atom is -0.376 e. The Hall–Kier alpha value is -0.930. The molecule has 2 rings (SSSR count). The Morgan fingerprint density at radius 3 is 3.04 bits per heavy atom. The van der Waals surface area contributed by atoms with Gasteiger partial charge in [-0.05, 0) is 30.2 Å². The molecule has 1 aliphatic heterocycles. The second-order valence-corrected chi connectivity index (χ2v) is 8.14. The van der Waals surface area contributed by atoms with Gasteiger partial charge < -0.3 is 10.1 Å². The van der Waals surface area contributed by atoms with Crippen LogP contribution < -0.4 is 5.32 Å². The second kappa shape index (κ2) is 8.79. The standard InChI is InChI=1S/C18H29N3OS/c1-15-13-21(9-10-22-15)16(17-6-4-11-23-17)12-20-14-18(2,3)7-5-8-19/h4,6,11,15-16,20H,5,7,9-10,12-14H2,1-3H3/t15-,16-/m1/s1. The topological polar surface area (TPSA) is 48.3 Å². The summed E-state index contributed by atoms with van der Waals surface area (Å²) in [6.07, 6.45) is 1.87. The first kappa shape index (κ1) is 18.4. The average molecular weight is 336 g/mol. The van der Waals surface area contributed by atoms with Crippen molar-refractivity contribution in [2.75, 3.05) is 32.8 Å². The predicted molar refractivity (Wildman–Crippen MR) is 95.5 cm³/mol. The van der Waals surface area contributed by atoms with E-state index in [9.17, 15) is 0 Å². The molecule has 1 fully saturated rings. The molecule has 0 bridgehead atoms. The number of ether oxygens (including phenoxy) is 1. The van der Waals surface area contributed by atoms with Crippen LogP contribution in [0, 0.1) is 16.7 Å². The summed E-state index contributed by atoms with van der Waals surface area (Å²) in [5.41, 5.74) is 0.161. The zero-order valence-corrected chi connectivity index (χ0v) is 15.4. The Labute approximate surface area is 144 Å². The molecule has 128 valence electrons. The van der Waals surface area contributed by atoms with Gasteiger partial charge in [-0.25, -0.2) is 0 Å². The minimum absolute atomic E-state index is 0.161. The molecule has 0 radical (unpaired) electrons. The maximum absolute atomic E-state index is 8.78. The van der Waals surface area contributed by atoms with Crippen molar-refractivity contribution in [2.45, 2.75) is 45.8 Å². The SMILES string of the molecule is C[C@@H]1CN([C@H](CNCC(C)(C)CCC#N)c2cccs2)CCO1. The maximum atomic E-state index is 8.78. The van der Waals surface area contributed by atoms with Crippen LogP contribution in [0.4, 0.5) is 0 Å². The number of nitrogens with one attached hydrogen (secondary N) is 1. The molecular weight excluding hydrogens is 306 g/mol. The summed E-state index contributed by atoms with van der Waals surface area (Å²) in [6.45, 7) is 11.3. The maximum Gasteiger partial charge on any atom is 0.0674 e. The lowest BCUT2D eigenvalue weighted by Crippen LogP contribution is -2.46. The van der Waals surface area contributed by atoms with E-state index < -0.39 is 0 Å². The fraction of sp³-hybridized carbons (Fsp3) is 0.722. The van der Waals surface area contributed by atoms with Gasteiger partial charge in [-0.15, -0.1) is 11.3 Å². The molecule has 0 spiro atoms. The molecule has 0 saturated carbocycles. The molecule has 1 aromatic rings. The van der Waals surface area contributed by atoms with Crippen LogP contribution in [-0.4, -0.2) is 43.8 Å². The summed E-state index contributed by atoms with van der Waals surface area (Å²) in [5, 5.41) is 14.6. The summed E-state index contributed by atoms with van der Waals surface area (Å²) in [4.78, 5) is 3.95. The van der Waals surface area contributed by atoms with Gasteiger partial charge in [-0.1, -0.05) is 19.9 Å². The first-order chi connectivity index (χ1) is 11.0. The number of hydrogen-bond donors (Lipinski definition) is 1. The van der Waals surface area contributed by atoms with Crippen molar-refractivity contribution in [1.29, 1.82) is 5.26 Å². The Kier molecular flexibility index (Phi) is 7.04. The molecular formula is C18H29N3OS. The number of rotatable bonds is 8. The van der Waals surface area contributed by atoms with Gasteiger partial charge in [0.25, 0.3) is 0 Å². The van der Waals surface area contributed by atoms with Crippen molar-refractivity contribution in [1.82, 2.24) is 10.2 Å². The van der Waals surface area contributed by atoms with E-state index >= 15 is 0 Å². The van der Waals surface area contributed by atoms with E-state index in [0.29, 0.717) is 18.6 Å². The summed E-state index contributed by atoms with van der Waals surface area (Å²) >= 11 is 1.83. The second-order valence-electron chi connectivity index (χ2n) is 7.16. The largest absolute Gasteiger partial charge is 0.376 e. The smallest absolute Gasteiger partial charge is 0.0674 e. The molecule has 2 atom stereocenters. The average Bonchev–Trinajstić information content (AvgIpc) is 3.03. The Morgan fingerprint density at radius 2 is 2.39 bits per heavy atom. The van der Waals surface area contributed by atoms with Crippen molar-refractivity contribution in [3.8, 4) is 6.07 Å². The van der Waals surface area contributed by atoms with Crippen LogP contribution in [0.25, 0.3) is 0 Å². The summed E-state index contributed by atoms with van der Waals surface area (Å²) in [6, 6.07) is 7.03. The Morgan fingerprint density at radius 1 is 1.57 bits per heavy atom. The molecule has 0 amide bonds. The Bertz CT molecular complexity index is 495. The van der Waals surface area contributed by atoms with Gasteiger partial charge in [0, 0.05) is 37.5 Å². The molecule has 0 aromatic carbocycles. The molecule has 1 saturated heterocycles. The van der Waals surface area contributed by atoms with E-state index in [1.165, 1.54) is 4.88 Å². The van der Waals surface area contributed by atoms with Gasteiger partial charge in [0.05, 0.1) is 24.8 Å². The summed E-state index contributed by atoms with van der Waals surface area (Å²) in [5.74, 6) is 0. The number of thiophene rings is 1. The molecule has 0 unspecified atom stereocenters. The minimum atomic E-state index is 0.161. The normalized spacial score (nSPS) is 21.0. The molecule has 1 N–H and O–H groups in total. The highest BCUT2D eigenvalue weighted by Gasteiger charge is 2.27. The Balaban J connectivity index is 1.92. The van der Waals surface area contributed by atoms with Crippen molar-refractivity contribution in [3.63, 3.8) is 0 Å². The van der Waals surface area contributed by atoms with Gasteiger partial charge in [0.2, 0.25) is 0 Å². The highest BCUT2D eigenvalue weighted by molar-refractivity contribution is 7.10. The van der Waals surface area contributed by atoms with Gasteiger partial charge in [-0.2, -0.15) is 5.26 Å². The van der Waals surface area contributed by atoms with Crippen molar-refractivity contribution < 1.29 is 4.74 Å². The van der Waals surface area contributed by atoms with Crippen molar-refractivity contribution >= 4 is 11.3 Å². The van der Waals surface area contributed by atoms with E-state index in [-0.39, 0.29) is 5.41 Å². The molecule has 2 heterocycles. The first-order valence-corrected chi connectivity index (χ1v) is 9.36. The monoisotopic (exact) mass is 335 g/mol. The lowest BCUT2D eigenvalue weighted by molar-refractivity contribution is -0.0341. The fourth-order valence-electron chi connectivity index (χ4n) is 3.05. The molecule has 23 heavy (non-hydrogen) atoms. The van der Waals surface area contributed by atoms with Crippen LogP contribution in [-0.2, 0) is 4.74 Å². The van der Waals surface area contributed by atoms with E-state index in [0.717, 1.165) is 39.2 Å². The van der Waals surface area contributed by atoms with E-state index in [2.05, 4.69) is 54.6 Å². The summed E-state index contributed by atoms with van der Waals surface area (Å²) < 4.78 is 5.69. The highest BCUT2D eigenvalue weighted by atomic mass is 32.1. The van der Waals surface area contributed by atoms with Crippen molar-refractivity contribution in [2.24, 2.45) is 5.41 Å². The third-order valence-electron chi connectivity index (χ3n) is 4.44. The van der Waals surface area contributed by atoms with Gasteiger partial charge in [0.15, 0.2) is 0 Å². The number of hydrogen-bond acceptors (Lipinski definition) is 5. The van der Waals surface area contributed by atoms with Crippen LogP contribution >= 0.6 is 11.3 Å².